The number of hydrogen-bond donors (Lipinski definition) is 0. The number of ether oxygens (including phenoxy) is 2. The van der Waals surface area contributed by atoms with Gasteiger partial charge in [0.25, 0.3) is 0 Å². The van der Waals surface area contributed by atoms with E-state index in [1.54, 1.807) is 19.1 Å². The molecule has 0 N–H and O–H groups in total. The fourth-order valence-corrected chi connectivity index (χ4v) is 3.42. The summed E-state index contributed by atoms with van der Waals surface area (Å²) in [5, 5.41) is 0. The van der Waals surface area contributed by atoms with Crippen LogP contribution in [0.4, 0.5) is 4.39 Å². The summed E-state index contributed by atoms with van der Waals surface area (Å²) < 4.78 is 23.6. The van der Waals surface area contributed by atoms with Crippen LogP contribution in [0.25, 0.3) is 0 Å². The lowest BCUT2D eigenvalue weighted by atomic mass is 10.1. The van der Waals surface area contributed by atoms with Crippen LogP contribution in [-0.4, -0.2) is 23.8 Å². The van der Waals surface area contributed by atoms with Crippen LogP contribution in [0.3, 0.4) is 0 Å². The van der Waals surface area contributed by atoms with E-state index in [1.807, 2.05) is 13.8 Å². The van der Waals surface area contributed by atoms with Gasteiger partial charge in [0, 0.05) is 19.1 Å². The van der Waals surface area contributed by atoms with Crippen LogP contribution in [0.1, 0.15) is 30.9 Å². The van der Waals surface area contributed by atoms with Crippen LogP contribution in [-0.2, 0) is 9.47 Å². The zero-order chi connectivity index (χ0) is 14.9. The van der Waals surface area contributed by atoms with Gasteiger partial charge < -0.3 is 9.47 Å². The van der Waals surface area contributed by atoms with Gasteiger partial charge in [0.1, 0.15) is 10.2 Å². The Bertz CT molecular complexity index is 473. The van der Waals surface area contributed by atoms with E-state index in [0.29, 0.717) is 18.8 Å². The monoisotopic (exact) mass is 320 g/mol. The van der Waals surface area contributed by atoms with Crippen LogP contribution in [0, 0.1) is 18.7 Å². The molecule has 1 aromatic carbocycles. The molecule has 20 heavy (non-hydrogen) atoms. The first-order valence-corrected chi connectivity index (χ1v) is 7.56. The molecule has 1 saturated carbocycles. The van der Waals surface area contributed by atoms with Gasteiger partial charge in [-0.25, -0.2) is 4.39 Å². The fourth-order valence-electron chi connectivity index (χ4n) is 2.56. The van der Waals surface area contributed by atoms with Crippen molar-refractivity contribution in [3.8, 4) is 0 Å². The molecule has 1 aliphatic carbocycles. The number of benzene rings is 1. The minimum absolute atomic E-state index is 0.103. The molecule has 0 heterocycles. The smallest absolute Gasteiger partial charge is 0.163 e. The van der Waals surface area contributed by atoms with Crippen LogP contribution in [0.15, 0.2) is 18.2 Å². The van der Waals surface area contributed by atoms with E-state index in [9.17, 15) is 4.39 Å². The summed E-state index contributed by atoms with van der Waals surface area (Å²) >= 11 is 12.8. The van der Waals surface area contributed by atoms with E-state index in [2.05, 4.69) is 0 Å². The van der Waals surface area contributed by atoms with E-state index in [1.165, 1.54) is 6.07 Å². The highest BCUT2D eigenvalue weighted by Crippen LogP contribution is 2.66. The molecule has 5 heteroatoms. The van der Waals surface area contributed by atoms with Crippen molar-refractivity contribution in [1.29, 1.82) is 0 Å². The molecule has 1 aromatic rings. The minimum atomic E-state index is -0.931. The van der Waals surface area contributed by atoms with E-state index in [0.717, 1.165) is 5.56 Å². The highest BCUT2D eigenvalue weighted by Gasteiger charge is 2.67. The van der Waals surface area contributed by atoms with Gasteiger partial charge in [0.15, 0.2) is 6.29 Å². The maximum absolute atomic E-state index is 13.4. The van der Waals surface area contributed by atoms with Gasteiger partial charge in [0.2, 0.25) is 0 Å². The van der Waals surface area contributed by atoms with Crippen LogP contribution >= 0.6 is 23.2 Å². The van der Waals surface area contributed by atoms with Crippen molar-refractivity contribution < 1.29 is 13.9 Å². The van der Waals surface area contributed by atoms with Crippen LogP contribution in [0.2, 0.25) is 0 Å². The minimum Gasteiger partial charge on any atom is -0.353 e. The molecule has 0 aromatic heterocycles. The van der Waals surface area contributed by atoms with Crippen molar-refractivity contribution in [3.63, 3.8) is 0 Å². The van der Waals surface area contributed by atoms with E-state index in [4.69, 9.17) is 32.7 Å². The lowest BCUT2D eigenvalue weighted by molar-refractivity contribution is -0.149. The zero-order valence-corrected chi connectivity index (χ0v) is 13.3. The number of halogens is 3. The summed E-state index contributed by atoms with van der Waals surface area (Å²) in [5.74, 6) is -0.476. The van der Waals surface area contributed by atoms with Crippen molar-refractivity contribution in [1.82, 2.24) is 0 Å². The Morgan fingerprint density at radius 1 is 1.25 bits per heavy atom. The molecule has 0 radical (unpaired) electrons. The maximum Gasteiger partial charge on any atom is 0.163 e. The van der Waals surface area contributed by atoms with Gasteiger partial charge in [-0.3, -0.25) is 0 Å². The second-order valence-electron chi connectivity index (χ2n) is 4.97. The van der Waals surface area contributed by atoms with Gasteiger partial charge in [-0.1, -0.05) is 12.1 Å². The van der Waals surface area contributed by atoms with Crippen molar-refractivity contribution in [3.05, 3.63) is 35.1 Å². The van der Waals surface area contributed by atoms with Gasteiger partial charge in [-0.2, -0.15) is 0 Å². The van der Waals surface area contributed by atoms with Crippen LogP contribution < -0.4 is 0 Å². The molecule has 1 fully saturated rings. The Morgan fingerprint density at radius 3 is 2.35 bits per heavy atom. The van der Waals surface area contributed by atoms with Crippen molar-refractivity contribution in [2.45, 2.75) is 37.3 Å². The fraction of sp³-hybridized carbons (Fsp3) is 0.600. The summed E-state index contributed by atoms with van der Waals surface area (Å²) in [6.07, 6.45) is -0.435. The predicted molar refractivity (Wildman–Crippen MR) is 78.8 cm³/mol. The van der Waals surface area contributed by atoms with E-state index >= 15 is 0 Å². The van der Waals surface area contributed by atoms with Crippen LogP contribution in [0.5, 0.6) is 0 Å². The van der Waals surface area contributed by atoms with Gasteiger partial charge in [0.05, 0.1) is 5.92 Å². The van der Waals surface area contributed by atoms with Crippen molar-refractivity contribution in [2.75, 3.05) is 13.2 Å². The highest BCUT2D eigenvalue weighted by molar-refractivity contribution is 6.52. The molecule has 0 saturated heterocycles. The average Bonchev–Trinajstić information content (AvgIpc) is 2.95. The normalized spacial score (nSPS) is 24.1. The molecule has 0 aliphatic heterocycles. The van der Waals surface area contributed by atoms with E-state index < -0.39 is 10.6 Å². The van der Waals surface area contributed by atoms with Gasteiger partial charge in [-0.05, 0) is 38.0 Å². The molecule has 2 atom stereocenters. The predicted octanol–water partition coefficient (Wildman–Crippen LogP) is 4.42. The summed E-state index contributed by atoms with van der Waals surface area (Å²) in [5.41, 5.74) is 1.50. The largest absolute Gasteiger partial charge is 0.353 e. The Hall–Kier alpha value is -0.350. The molecule has 1 aliphatic rings. The number of hydrogen-bond acceptors (Lipinski definition) is 2. The summed E-state index contributed by atoms with van der Waals surface area (Å²) in [7, 11) is 0. The number of alkyl halides is 2. The Morgan fingerprint density at radius 2 is 1.85 bits per heavy atom. The molecule has 0 bridgehead atoms. The lowest BCUT2D eigenvalue weighted by Gasteiger charge is -2.17. The highest BCUT2D eigenvalue weighted by atomic mass is 35.5. The zero-order valence-electron chi connectivity index (χ0n) is 11.8. The summed E-state index contributed by atoms with van der Waals surface area (Å²) in [6, 6.07) is 4.95. The Labute approximate surface area is 129 Å². The summed E-state index contributed by atoms with van der Waals surface area (Å²) in [6.45, 7) is 6.58. The number of aryl methyl sites for hydroxylation is 1. The first kappa shape index (κ1) is 16.0. The summed E-state index contributed by atoms with van der Waals surface area (Å²) in [4.78, 5) is 0. The topological polar surface area (TPSA) is 18.5 Å². The molecule has 0 unspecified atom stereocenters. The first-order chi connectivity index (χ1) is 9.43. The third kappa shape index (κ3) is 2.96. The standard InChI is InChI=1S/C15H19Cl2FO2/c1-4-19-14(20-5-2)13-12(15(13,16)17)10-6-7-11(18)9(3)8-10/h6-8,12-14H,4-5H2,1-3H3/t12-,13+/m1/s1. The molecular formula is C15H19Cl2FO2. The lowest BCUT2D eigenvalue weighted by Crippen LogP contribution is -2.22. The van der Waals surface area contributed by atoms with Crippen molar-refractivity contribution in [2.24, 2.45) is 5.92 Å². The SMILES string of the molecule is CCOC(OCC)[C@@H]1[C@@H](c2ccc(F)c(C)c2)C1(Cl)Cl. The van der Waals surface area contributed by atoms with E-state index in [-0.39, 0.29) is 17.7 Å². The molecule has 2 rings (SSSR count). The van der Waals surface area contributed by atoms with Gasteiger partial charge >= 0.3 is 0 Å². The molecule has 112 valence electrons. The third-order valence-corrected chi connectivity index (χ3v) is 4.58. The maximum atomic E-state index is 13.4. The Balaban J connectivity index is 2.21. The second-order valence-corrected chi connectivity index (χ2v) is 6.41. The molecule has 0 amide bonds. The molecule has 0 spiro atoms. The third-order valence-electron chi connectivity index (χ3n) is 3.61. The number of rotatable bonds is 6. The average molecular weight is 321 g/mol. The Kier molecular flexibility index (Phi) is 4.96. The quantitative estimate of drug-likeness (QED) is 0.570. The molecule has 2 nitrogen and oxygen atoms in total. The van der Waals surface area contributed by atoms with Gasteiger partial charge in [-0.15, -0.1) is 23.2 Å². The van der Waals surface area contributed by atoms with Crippen molar-refractivity contribution >= 4 is 23.2 Å². The first-order valence-electron chi connectivity index (χ1n) is 6.80. The molecular weight excluding hydrogens is 302 g/mol. The second kappa shape index (κ2) is 6.18.